The molecule has 12 nitrogen and oxygen atoms in total. The zero-order valence-corrected chi connectivity index (χ0v) is 18.5. The SMILES string of the molecule is O=C(O)CN(CC(=O)O)Cc1c(O)ccc(C(=O)c2ccccc2)c1CN(CC(=O)O)CC(=O)O. The van der Waals surface area contributed by atoms with E-state index in [9.17, 15) is 39.3 Å². The summed E-state index contributed by atoms with van der Waals surface area (Å²) in [7, 11) is 0. The van der Waals surface area contributed by atoms with Crippen molar-refractivity contribution in [1.29, 1.82) is 0 Å². The summed E-state index contributed by atoms with van der Waals surface area (Å²) < 4.78 is 0. The summed E-state index contributed by atoms with van der Waals surface area (Å²) in [6.07, 6.45) is 0. The van der Waals surface area contributed by atoms with Crippen LogP contribution in [-0.4, -0.2) is 91.2 Å². The summed E-state index contributed by atoms with van der Waals surface area (Å²) in [5.41, 5.74) is 0.328. The molecule has 0 bridgehead atoms. The number of phenols is 1. The van der Waals surface area contributed by atoms with Crippen molar-refractivity contribution < 1.29 is 49.5 Å². The molecule has 0 saturated heterocycles. The second kappa shape index (κ2) is 12.3. The van der Waals surface area contributed by atoms with Gasteiger partial charge in [-0.3, -0.25) is 33.8 Å². The highest BCUT2D eigenvalue weighted by Gasteiger charge is 2.25. The lowest BCUT2D eigenvalue weighted by molar-refractivity contribution is -0.144. The first-order valence-corrected chi connectivity index (χ1v) is 10.2. The molecule has 0 spiro atoms. The molecule has 0 aliphatic carbocycles. The van der Waals surface area contributed by atoms with Crippen molar-refractivity contribution in [3.8, 4) is 5.75 Å². The Bertz CT molecular complexity index is 1080. The number of hydrogen-bond donors (Lipinski definition) is 5. The molecule has 0 saturated carbocycles. The average Bonchev–Trinajstić information content (AvgIpc) is 2.74. The Kier molecular flexibility index (Phi) is 9.44. The summed E-state index contributed by atoms with van der Waals surface area (Å²) in [5, 5.41) is 47.3. The number of ketones is 1. The number of nitrogens with zero attached hydrogens (tertiary/aromatic N) is 2. The van der Waals surface area contributed by atoms with E-state index in [2.05, 4.69) is 0 Å². The van der Waals surface area contributed by atoms with Gasteiger partial charge in [0.2, 0.25) is 0 Å². The highest BCUT2D eigenvalue weighted by Crippen LogP contribution is 2.29. The Hall–Kier alpha value is -4.29. The minimum absolute atomic E-state index is 0.0185. The predicted octanol–water partition coefficient (Wildman–Crippen LogP) is 0.566. The van der Waals surface area contributed by atoms with Gasteiger partial charge in [-0.2, -0.15) is 0 Å². The maximum absolute atomic E-state index is 13.3. The normalized spacial score (nSPS) is 10.9. The van der Waals surface area contributed by atoms with Gasteiger partial charge in [-0.1, -0.05) is 30.3 Å². The van der Waals surface area contributed by atoms with Crippen LogP contribution in [-0.2, 0) is 32.3 Å². The minimum Gasteiger partial charge on any atom is -0.508 e. The molecule has 0 radical (unpaired) electrons. The zero-order valence-electron chi connectivity index (χ0n) is 18.5. The quantitative estimate of drug-likeness (QED) is 0.232. The van der Waals surface area contributed by atoms with Gasteiger partial charge in [0, 0.05) is 29.8 Å². The molecular formula is C23H24N2O10. The van der Waals surface area contributed by atoms with Gasteiger partial charge in [-0.05, 0) is 17.7 Å². The number of benzene rings is 2. The van der Waals surface area contributed by atoms with Gasteiger partial charge in [-0.15, -0.1) is 0 Å². The molecule has 186 valence electrons. The fourth-order valence-corrected chi connectivity index (χ4v) is 3.54. The molecule has 0 heterocycles. The van der Waals surface area contributed by atoms with Gasteiger partial charge in [0.25, 0.3) is 0 Å². The monoisotopic (exact) mass is 488 g/mol. The Morgan fingerprint density at radius 2 is 1.03 bits per heavy atom. The van der Waals surface area contributed by atoms with Crippen LogP contribution in [0.15, 0.2) is 42.5 Å². The van der Waals surface area contributed by atoms with Gasteiger partial charge >= 0.3 is 23.9 Å². The van der Waals surface area contributed by atoms with Crippen LogP contribution in [0.4, 0.5) is 0 Å². The molecule has 0 fully saturated rings. The third-order valence-electron chi connectivity index (χ3n) is 4.89. The van der Waals surface area contributed by atoms with E-state index >= 15 is 0 Å². The molecule has 2 aromatic rings. The number of aromatic hydroxyl groups is 1. The van der Waals surface area contributed by atoms with E-state index in [1.54, 1.807) is 18.2 Å². The van der Waals surface area contributed by atoms with Gasteiger partial charge in [0.15, 0.2) is 5.78 Å². The molecule has 0 unspecified atom stereocenters. The summed E-state index contributed by atoms with van der Waals surface area (Å²) in [6, 6.07) is 10.5. The lowest BCUT2D eigenvalue weighted by Gasteiger charge is -2.25. The van der Waals surface area contributed by atoms with Gasteiger partial charge < -0.3 is 25.5 Å². The number of carboxylic acids is 4. The summed E-state index contributed by atoms with van der Waals surface area (Å²) in [5.74, 6) is -6.22. The van der Waals surface area contributed by atoms with Crippen molar-refractivity contribution in [3.63, 3.8) is 0 Å². The van der Waals surface area contributed by atoms with E-state index in [0.717, 1.165) is 9.80 Å². The van der Waals surface area contributed by atoms with E-state index in [4.69, 9.17) is 10.2 Å². The first-order valence-electron chi connectivity index (χ1n) is 10.2. The Morgan fingerprint density at radius 3 is 1.46 bits per heavy atom. The molecule has 0 amide bonds. The van der Waals surface area contributed by atoms with Crippen molar-refractivity contribution in [2.45, 2.75) is 13.1 Å². The molecule has 35 heavy (non-hydrogen) atoms. The van der Waals surface area contributed by atoms with Crippen LogP contribution >= 0.6 is 0 Å². The lowest BCUT2D eigenvalue weighted by Crippen LogP contribution is -2.36. The van der Waals surface area contributed by atoms with Crippen LogP contribution in [0.5, 0.6) is 5.75 Å². The Morgan fingerprint density at radius 1 is 0.600 bits per heavy atom. The molecule has 0 aliphatic rings. The first kappa shape index (κ1) is 27.0. The van der Waals surface area contributed by atoms with Crippen molar-refractivity contribution in [3.05, 3.63) is 64.7 Å². The minimum atomic E-state index is -1.33. The summed E-state index contributed by atoms with van der Waals surface area (Å²) in [4.78, 5) is 60.4. The van der Waals surface area contributed by atoms with Crippen molar-refractivity contribution in [2.24, 2.45) is 0 Å². The molecule has 2 rings (SSSR count). The number of carbonyl (C=O) groups is 5. The molecular weight excluding hydrogens is 464 g/mol. The van der Waals surface area contributed by atoms with E-state index in [1.165, 1.54) is 24.3 Å². The zero-order chi connectivity index (χ0) is 26.1. The molecule has 0 aromatic heterocycles. The summed E-state index contributed by atoms with van der Waals surface area (Å²) in [6.45, 7) is -3.61. The van der Waals surface area contributed by atoms with Crippen molar-refractivity contribution in [1.82, 2.24) is 9.80 Å². The predicted molar refractivity (Wildman–Crippen MR) is 119 cm³/mol. The topological polar surface area (TPSA) is 193 Å². The fourth-order valence-electron chi connectivity index (χ4n) is 3.54. The first-order chi connectivity index (χ1) is 16.5. The molecule has 5 N–H and O–H groups in total. The van der Waals surface area contributed by atoms with Crippen LogP contribution in [0.1, 0.15) is 27.0 Å². The molecule has 12 heteroatoms. The smallest absolute Gasteiger partial charge is 0.317 e. The maximum atomic E-state index is 13.3. The van der Waals surface area contributed by atoms with Crippen LogP contribution < -0.4 is 0 Å². The lowest BCUT2D eigenvalue weighted by atomic mass is 9.93. The highest BCUT2D eigenvalue weighted by molar-refractivity contribution is 6.10. The average molecular weight is 488 g/mol. The highest BCUT2D eigenvalue weighted by atomic mass is 16.4. The van der Waals surface area contributed by atoms with E-state index in [1.807, 2.05) is 0 Å². The largest absolute Gasteiger partial charge is 0.508 e. The third-order valence-corrected chi connectivity index (χ3v) is 4.89. The van der Waals surface area contributed by atoms with Crippen LogP contribution in [0.3, 0.4) is 0 Å². The molecule has 0 atom stereocenters. The van der Waals surface area contributed by atoms with Gasteiger partial charge in [0.1, 0.15) is 5.75 Å². The van der Waals surface area contributed by atoms with Gasteiger partial charge in [-0.25, -0.2) is 0 Å². The second-order valence-electron chi connectivity index (χ2n) is 7.65. The Balaban J connectivity index is 2.64. The number of phenolic OH excluding ortho intramolecular Hbond substituents is 1. The molecule has 0 aliphatic heterocycles. The number of hydrogen-bond acceptors (Lipinski definition) is 8. The summed E-state index contributed by atoms with van der Waals surface area (Å²) >= 11 is 0. The van der Waals surface area contributed by atoms with E-state index < -0.39 is 74.7 Å². The Labute approximate surface area is 199 Å². The van der Waals surface area contributed by atoms with Gasteiger partial charge in [0.05, 0.1) is 26.2 Å². The van der Waals surface area contributed by atoms with Crippen molar-refractivity contribution in [2.75, 3.05) is 26.2 Å². The standard InChI is InChI=1S/C23H24N2O10/c26-18-7-6-15(23(35)14-4-2-1-3-5-14)16(8-24(10-19(27)28)11-20(29)30)17(18)9-25(12-21(31)32)13-22(33)34/h1-7,26H,8-13H2,(H,27,28)(H,29,30)(H,31,32)(H,33,34). The van der Waals surface area contributed by atoms with Crippen molar-refractivity contribution >= 4 is 29.7 Å². The second-order valence-corrected chi connectivity index (χ2v) is 7.65. The number of carbonyl (C=O) groups excluding carboxylic acids is 1. The van der Waals surface area contributed by atoms with E-state index in [-0.39, 0.29) is 22.3 Å². The number of rotatable bonds is 14. The van der Waals surface area contributed by atoms with E-state index in [0.29, 0.717) is 0 Å². The number of carboxylic acid groups (broad SMARTS) is 4. The van der Waals surface area contributed by atoms with Crippen LogP contribution in [0.25, 0.3) is 0 Å². The van der Waals surface area contributed by atoms with Crippen LogP contribution in [0, 0.1) is 0 Å². The van der Waals surface area contributed by atoms with Crippen LogP contribution in [0.2, 0.25) is 0 Å². The maximum Gasteiger partial charge on any atom is 0.317 e. The fraction of sp³-hybridized carbons (Fsp3) is 0.261. The third kappa shape index (κ3) is 8.21. The molecule has 2 aromatic carbocycles. The number of aliphatic carboxylic acids is 4.